The van der Waals surface area contributed by atoms with Crippen LogP contribution in [0.2, 0.25) is 0 Å². The van der Waals surface area contributed by atoms with Crippen LogP contribution in [0.4, 0.5) is 4.39 Å². The molecule has 0 aliphatic heterocycles. The van der Waals surface area contributed by atoms with E-state index in [0.717, 1.165) is 18.8 Å². The molecule has 3 atom stereocenters. The molecule has 1 N–H and O–H groups in total. The van der Waals surface area contributed by atoms with Crippen LogP contribution >= 0.6 is 0 Å². The predicted molar refractivity (Wildman–Crippen MR) is 72.0 cm³/mol. The predicted octanol–water partition coefficient (Wildman–Crippen LogP) is 3.98. The normalized spacial score (nSPS) is 31.3. The van der Waals surface area contributed by atoms with Gasteiger partial charge < -0.3 is 5.32 Å². The van der Waals surface area contributed by atoms with Crippen molar-refractivity contribution in [2.75, 3.05) is 0 Å². The van der Waals surface area contributed by atoms with Crippen molar-refractivity contribution in [1.82, 2.24) is 5.32 Å². The molecular weight excluding hydrogens is 225 g/mol. The van der Waals surface area contributed by atoms with Gasteiger partial charge in [0.1, 0.15) is 5.82 Å². The fourth-order valence-electron chi connectivity index (χ4n) is 3.63. The molecule has 98 valence electrons. The first-order valence-corrected chi connectivity index (χ1v) is 7.27. The molecule has 1 fully saturated rings. The Hall–Kier alpha value is -0.890. The van der Waals surface area contributed by atoms with Crippen molar-refractivity contribution in [3.63, 3.8) is 0 Å². The summed E-state index contributed by atoms with van der Waals surface area (Å²) in [5, 5.41) is 3.80. The molecule has 1 aromatic carbocycles. The summed E-state index contributed by atoms with van der Waals surface area (Å²) >= 11 is 0. The lowest BCUT2D eigenvalue weighted by atomic mass is 9.86. The molecule has 0 aromatic heterocycles. The molecule has 0 radical (unpaired) electrons. The van der Waals surface area contributed by atoms with E-state index in [1.165, 1.54) is 36.8 Å². The highest BCUT2D eigenvalue weighted by molar-refractivity contribution is 5.35. The third-order valence-corrected chi connectivity index (χ3v) is 4.56. The molecule has 1 aromatic rings. The van der Waals surface area contributed by atoms with E-state index in [-0.39, 0.29) is 5.82 Å². The molecule has 0 spiro atoms. The lowest BCUT2D eigenvalue weighted by molar-refractivity contribution is 0.280. The van der Waals surface area contributed by atoms with Gasteiger partial charge in [-0.05, 0) is 54.9 Å². The van der Waals surface area contributed by atoms with Gasteiger partial charge in [0, 0.05) is 12.1 Å². The third kappa shape index (κ3) is 2.44. The van der Waals surface area contributed by atoms with E-state index in [9.17, 15) is 4.39 Å². The van der Waals surface area contributed by atoms with E-state index in [0.29, 0.717) is 12.1 Å². The van der Waals surface area contributed by atoms with Crippen LogP contribution in [-0.4, -0.2) is 6.04 Å². The first-order valence-electron chi connectivity index (χ1n) is 7.27. The second-order valence-electron chi connectivity index (χ2n) is 6.07. The van der Waals surface area contributed by atoms with Crippen LogP contribution in [0.1, 0.15) is 56.2 Å². The van der Waals surface area contributed by atoms with Crippen LogP contribution in [-0.2, 0) is 6.42 Å². The molecule has 0 bridgehead atoms. The van der Waals surface area contributed by atoms with Crippen LogP contribution in [0.15, 0.2) is 18.2 Å². The zero-order valence-corrected chi connectivity index (χ0v) is 11.1. The van der Waals surface area contributed by atoms with E-state index in [1.54, 1.807) is 12.1 Å². The van der Waals surface area contributed by atoms with Gasteiger partial charge in [0.25, 0.3) is 0 Å². The van der Waals surface area contributed by atoms with E-state index in [2.05, 4.69) is 12.2 Å². The minimum absolute atomic E-state index is 0.0966. The third-order valence-electron chi connectivity index (χ3n) is 4.56. The molecule has 0 amide bonds. The van der Waals surface area contributed by atoms with Crippen LogP contribution in [0, 0.1) is 11.7 Å². The van der Waals surface area contributed by atoms with Crippen molar-refractivity contribution in [3.8, 4) is 0 Å². The van der Waals surface area contributed by atoms with Crippen LogP contribution in [0.25, 0.3) is 0 Å². The summed E-state index contributed by atoms with van der Waals surface area (Å²) in [5.41, 5.74) is 2.53. The second-order valence-corrected chi connectivity index (χ2v) is 6.07. The summed E-state index contributed by atoms with van der Waals surface area (Å²) in [4.78, 5) is 0. The van der Waals surface area contributed by atoms with Crippen molar-refractivity contribution in [2.45, 2.75) is 57.5 Å². The molecule has 3 unspecified atom stereocenters. The Morgan fingerprint density at radius 1 is 1.22 bits per heavy atom. The van der Waals surface area contributed by atoms with E-state index < -0.39 is 0 Å². The maximum Gasteiger partial charge on any atom is 0.123 e. The van der Waals surface area contributed by atoms with Gasteiger partial charge in [0.15, 0.2) is 0 Å². The largest absolute Gasteiger partial charge is 0.307 e. The Balaban J connectivity index is 1.69. The Morgan fingerprint density at radius 3 is 2.94 bits per heavy atom. The first kappa shape index (κ1) is 12.2. The number of benzene rings is 1. The number of hydrogen-bond donors (Lipinski definition) is 1. The fraction of sp³-hybridized carbons (Fsp3) is 0.625. The lowest BCUT2D eigenvalue weighted by Crippen LogP contribution is -2.35. The highest BCUT2D eigenvalue weighted by Crippen LogP contribution is 2.34. The van der Waals surface area contributed by atoms with Gasteiger partial charge in [-0.15, -0.1) is 0 Å². The number of halogens is 1. The summed E-state index contributed by atoms with van der Waals surface area (Å²) in [5.74, 6) is 0.756. The summed E-state index contributed by atoms with van der Waals surface area (Å²) < 4.78 is 13.2. The van der Waals surface area contributed by atoms with Gasteiger partial charge in [-0.3, -0.25) is 0 Å². The first-order chi connectivity index (χ1) is 8.72. The topological polar surface area (TPSA) is 12.0 Å². The van der Waals surface area contributed by atoms with Crippen molar-refractivity contribution >= 4 is 0 Å². The SMILES string of the molecule is CC1CCCC(NC2CCc3cc(F)ccc32)C1. The van der Waals surface area contributed by atoms with E-state index in [1.807, 2.05) is 6.07 Å². The van der Waals surface area contributed by atoms with Gasteiger partial charge >= 0.3 is 0 Å². The summed E-state index contributed by atoms with van der Waals surface area (Å²) in [6, 6.07) is 6.40. The Labute approximate surface area is 109 Å². The molecule has 0 heterocycles. The van der Waals surface area contributed by atoms with Crippen molar-refractivity contribution in [1.29, 1.82) is 0 Å². The molecule has 18 heavy (non-hydrogen) atoms. The van der Waals surface area contributed by atoms with Gasteiger partial charge in [-0.2, -0.15) is 0 Å². The summed E-state index contributed by atoms with van der Waals surface area (Å²) in [7, 11) is 0. The van der Waals surface area contributed by atoms with Crippen LogP contribution in [0.5, 0.6) is 0 Å². The van der Waals surface area contributed by atoms with Crippen LogP contribution < -0.4 is 5.32 Å². The van der Waals surface area contributed by atoms with Crippen molar-refractivity contribution < 1.29 is 4.39 Å². The molecule has 2 aliphatic carbocycles. The van der Waals surface area contributed by atoms with Crippen molar-refractivity contribution in [2.24, 2.45) is 5.92 Å². The molecule has 2 heteroatoms. The summed E-state index contributed by atoms with van der Waals surface area (Å²) in [6.07, 6.45) is 7.48. The molecular formula is C16H22FN. The molecule has 3 rings (SSSR count). The molecule has 0 saturated heterocycles. The maximum absolute atomic E-state index is 13.2. The zero-order valence-electron chi connectivity index (χ0n) is 11.1. The van der Waals surface area contributed by atoms with Gasteiger partial charge in [-0.1, -0.05) is 25.8 Å². The quantitative estimate of drug-likeness (QED) is 0.833. The Kier molecular flexibility index (Phi) is 3.38. The standard InChI is InChI=1S/C16H22FN/c1-11-3-2-4-14(9-11)18-16-8-5-12-10-13(17)6-7-15(12)16/h6-7,10-11,14,16,18H,2-5,8-9H2,1H3. The monoisotopic (exact) mass is 247 g/mol. The summed E-state index contributed by atoms with van der Waals surface area (Å²) in [6.45, 7) is 2.35. The average Bonchev–Trinajstić information content (AvgIpc) is 2.72. The van der Waals surface area contributed by atoms with Crippen molar-refractivity contribution in [3.05, 3.63) is 35.1 Å². The average molecular weight is 247 g/mol. The number of aryl methyl sites for hydroxylation is 1. The number of hydrogen-bond acceptors (Lipinski definition) is 1. The van der Waals surface area contributed by atoms with Crippen LogP contribution in [0.3, 0.4) is 0 Å². The maximum atomic E-state index is 13.2. The van der Waals surface area contributed by atoms with Gasteiger partial charge in [0.2, 0.25) is 0 Å². The zero-order chi connectivity index (χ0) is 12.5. The molecule has 1 saturated carbocycles. The van der Waals surface area contributed by atoms with Gasteiger partial charge in [-0.25, -0.2) is 4.39 Å². The lowest BCUT2D eigenvalue weighted by Gasteiger charge is -2.30. The molecule has 1 nitrogen and oxygen atoms in total. The van der Waals surface area contributed by atoms with Gasteiger partial charge in [0.05, 0.1) is 0 Å². The number of rotatable bonds is 2. The number of nitrogens with one attached hydrogen (secondary N) is 1. The Morgan fingerprint density at radius 2 is 2.11 bits per heavy atom. The highest BCUT2D eigenvalue weighted by atomic mass is 19.1. The highest BCUT2D eigenvalue weighted by Gasteiger charge is 2.27. The second kappa shape index (κ2) is 5.00. The fourth-order valence-corrected chi connectivity index (χ4v) is 3.63. The number of fused-ring (bicyclic) bond motifs is 1. The minimum atomic E-state index is -0.0966. The van der Waals surface area contributed by atoms with E-state index in [4.69, 9.17) is 0 Å². The minimum Gasteiger partial charge on any atom is -0.307 e. The van der Waals surface area contributed by atoms with E-state index >= 15 is 0 Å². The Bertz CT molecular complexity index is 429. The molecule has 2 aliphatic rings. The smallest absolute Gasteiger partial charge is 0.123 e.